The summed E-state index contributed by atoms with van der Waals surface area (Å²) in [6.45, 7) is 7.74. The lowest BCUT2D eigenvalue weighted by atomic mass is 9.77. The van der Waals surface area contributed by atoms with Gasteiger partial charge >= 0.3 is 11.9 Å². The van der Waals surface area contributed by atoms with E-state index in [9.17, 15) is 9.59 Å². The van der Waals surface area contributed by atoms with Crippen molar-refractivity contribution in [3.8, 4) is 0 Å². The minimum Gasteiger partial charge on any atom is -0.481 e. The highest BCUT2D eigenvalue weighted by molar-refractivity contribution is 5.93. The van der Waals surface area contributed by atoms with Crippen LogP contribution in [0.5, 0.6) is 0 Å². The average Bonchev–Trinajstić information content (AvgIpc) is 2.01. The van der Waals surface area contributed by atoms with Crippen molar-refractivity contribution in [1.29, 1.82) is 0 Å². The molecule has 0 aromatic carbocycles. The molecule has 0 fully saturated rings. The van der Waals surface area contributed by atoms with Crippen LogP contribution in [0, 0.1) is 17.3 Å². The van der Waals surface area contributed by atoms with E-state index in [1.807, 2.05) is 20.8 Å². The largest absolute Gasteiger partial charge is 0.481 e. The Kier molecular flexibility index (Phi) is 4.78. The molecule has 0 heterocycles. The summed E-state index contributed by atoms with van der Waals surface area (Å²) < 4.78 is 0. The SMILES string of the molecule is CCC(C)(C)CC(C)C(C(=O)O)C(=O)O. The number of carboxylic acids is 2. The number of carboxylic acid groups (broad SMARTS) is 2. The van der Waals surface area contributed by atoms with Crippen LogP contribution in [0.25, 0.3) is 0 Å². The first-order chi connectivity index (χ1) is 6.71. The second-order valence-electron chi connectivity index (χ2n) is 4.85. The van der Waals surface area contributed by atoms with E-state index in [2.05, 4.69) is 0 Å². The molecular weight excluding hydrogens is 196 g/mol. The van der Waals surface area contributed by atoms with Crippen molar-refractivity contribution in [2.45, 2.75) is 40.5 Å². The van der Waals surface area contributed by atoms with Gasteiger partial charge in [-0.2, -0.15) is 0 Å². The highest BCUT2D eigenvalue weighted by Crippen LogP contribution is 2.32. The maximum absolute atomic E-state index is 10.8. The van der Waals surface area contributed by atoms with Crippen LogP contribution in [0.3, 0.4) is 0 Å². The summed E-state index contributed by atoms with van der Waals surface area (Å²) in [6, 6.07) is 0. The molecule has 4 heteroatoms. The summed E-state index contributed by atoms with van der Waals surface area (Å²) in [7, 11) is 0. The summed E-state index contributed by atoms with van der Waals surface area (Å²) in [5.74, 6) is -4.14. The number of carbonyl (C=O) groups is 2. The van der Waals surface area contributed by atoms with Crippen LogP contribution in [-0.4, -0.2) is 22.2 Å². The molecule has 2 N–H and O–H groups in total. The fourth-order valence-electron chi connectivity index (χ4n) is 1.73. The fourth-order valence-corrected chi connectivity index (χ4v) is 1.73. The van der Waals surface area contributed by atoms with Gasteiger partial charge in [-0.1, -0.05) is 34.1 Å². The Balaban J connectivity index is 4.60. The molecular formula is C11H20O4. The average molecular weight is 216 g/mol. The summed E-state index contributed by atoms with van der Waals surface area (Å²) in [4.78, 5) is 21.6. The molecule has 0 radical (unpaired) electrons. The molecule has 0 aliphatic heterocycles. The molecule has 0 aromatic heterocycles. The fraction of sp³-hybridized carbons (Fsp3) is 0.818. The summed E-state index contributed by atoms with van der Waals surface area (Å²) >= 11 is 0. The predicted octanol–water partition coefficient (Wildman–Crippen LogP) is 2.23. The Morgan fingerprint density at radius 3 is 1.87 bits per heavy atom. The summed E-state index contributed by atoms with van der Waals surface area (Å²) in [6.07, 6.45) is 1.51. The molecule has 0 amide bonds. The Morgan fingerprint density at radius 2 is 1.60 bits per heavy atom. The van der Waals surface area contributed by atoms with Gasteiger partial charge in [-0.3, -0.25) is 9.59 Å². The van der Waals surface area contributed by atoms with E-state index in [0.717, 1.165) is 6.42 Å². The molecule has 1 atom stereocenters. The Bertz CT molecular complexity index is 231. The second-order valence-corrected chi connectivity index (χ2v) is 4.85. The Morgan fingerprint density at radius 1 is 1.20 bits per heavy atom. The highest BCUT2D eigenvalue weighted by atomic mass is 16.4. The lowest BCUT2D eigenvalue weighted by Gasteiger charge is -2.28. The van der Waals surface area contributed by atoms with Crippen molar-refractivity contribution in [3.05, 3.63) is 0 Å². The molecule has 4 nitrogen and oxygen atoms in total. The molecule has 0 rings (SSSR count). The number of rotatable bonds is 6. The standard InChI is InChI=1S/C11H20O4/c1-5-11(3,4)6-7(2)8(9(12)13)10(14)15/h7-8H,5-6H2,1-4H3,(H,12,13)(H,14,15). The minimum atomic E-state index is -1.30. The van der Waals surface area contributed by atoms with Crippen LogP contribution in [0.1, 0.15) is 40.5 Å². The molecule has 0 spiro atoms. The zero-order valence-corrected chi connectivity index (χ0v) is 9.78. The zero-order chi connectivity index (χ0) is 12.2. The van der Waals surface area contributed by atoms with Crippen molar-refractivity contribution >= 4 is 11.9 Å². The molecule has 0 aliphatic rings. The molecule has 88 valence electrons. The number of aliphatic carboxylic acids is 2. The summed E-state index contributed by atoms with van der Waals surface area (Å²) in [5.41, 5.74) is -0.0113. The number of hydrogen-bond acceptors (Lipinski definition) is 2. The molecule has 1 unspecified atom stereocenters. The van der Waals surface area contributed by atoms with Crippen LogP contribution in [-0.2, 0) is 9.59 Å². The van der Waals surface area contributed by atoms with E-state index in [1.54, 1.807) is 6.92 Å². The van der Waals surface area contributed by atoms with Crippen molar-refractivity contribution in [2.24, 2.45) is 17.3 Å². The van der Waals surface area contributed by atoms with Crippen LogP contribution in [0.15, 0.2) is 0 Å². The van der Waals surface area contributed by atoms with Crippen molar-refractivity contribution in [1.82, 2.24) is 0 Å². The minimum absolute atomic E-state index is 0.0113. The molecule has 0 aliphatic carbocycles. The lowest BCUT2D eigenvalue weighted by Crippen LogP contribution is -2.32. The van der Waals surface area contributed by atoms with E-state index in [-0.39, 0.29) is 11.3 Å². The van der Waals surface area contributed by atoms with Gasteiger partial charge in [0.05, 0.1) is 0 Å². The third kappa shape index (κ3) is 4.32. The molecule has 0 aromatic rings. The van der Waals surface area contributed by atoms with Gasteiger partial charge in [0.25, 0.3) is 0 Å². The Hall–Kier alpha value is -1.06. The van der Waals surface area contributed by atoms with E-state index in [1.165, 1.54) is 0 Å². The molecule has 0 saturated heterocycles. The number of hydrogen-bond donors (Lipinski definition) is 2. The third-order valence-corrected chi connectivity index (χ3v) is 2.93. The van der Waals surface area contributed by atoms with Gasteiger partial charge in [0, 0.05) is 0 Å². The molecule has 15 heavy (non-hydrogen) atoms. The summed E-state index contributed by atoms with van der Waals surface area (Å²) in [5, 5.41) is 17.6. The topological polar surface area (TPSA) is 74.6 Å². The van der Waals surface area contributed by atoms with E-state index in [0.29, 0.717) is 6.42 Å². The first-order valence-electron chi connectivity index (χ1n) is 5.17. The maximum Gasteiger partial charge on any atom is 0.318 e. The first kappa shape index (κ1) is 13.9. The van der Waals surface area contributed by atoms with Gasteiger partial charge in [-0.15, -0.1) is 0 Å². The van der Waals surface area contributed by atoms with Gasteiger partial charge in [-0.05, 0) is 17.8 Å². The molecule has 0 saturated carbocycles. The second kappa shape index (κ2) is 5.14. The monoisotopic (exact) mass is 216 g/mol. The third-order valence-electron chi connectivity index (χ3n) is 2.93. The van der Waals surface area contributed by atoms with E-state index < -0.39 is 17.9 Å². The van der Waals surface area contributed by atoms with E-state index >= 15 is 0 Å². The van der Waals surface area contributed by atoms with Crippen LogP contribution in [0.4, 0.5) is 0 Å². The van der Waals surface area contributed by atoms with Crippen LogP contribution >= 0.6 is 0 Å². The van der Waals surface area contributed by atoms with Gasteiger partial charge in [0.15, 0.2) is 5.92 Å². The van der Waals surface area contributed by atoms with Gasteiger partial charge in [0.2, 0.25) is 0 Å². The van der Waals surface area contributed by atoms with E-state index in [4.69, 9.17) is 10.2 Å². The van der Waals surface area contributed by atoms with Gasteiger partial charge in [-0.25, -0.2) is 0 Å². The maximum atomic E-state index is 10.8. The lowest BCUT2D eigenvalue weighted by molar-refractivity contribution is -0.157. The molecule has 0 bridgehead atoms. The first-order valence-corrected chi connectivity index (χ1v) is 5.17. The van der Waals surface area contributed by atoms with Crippen molar-refractivity contribution in [2.75, 3.05) is 0 Å². The Labute approximate surface area is 90.3 Å². The van der Waals surface area contributed by atoms with Crippen LogP contribution < -0.4 is 0 Å². The van der Waals surface area contributed by atoms with Crippen molar-refractivity contribution in [3.63, 3.8) is 0 Å². The normalized spacial score (nSPS) is 13.9. The quantitative estimate of drug-likeness (QED) is 0.668. The smallest absolute Gasteiger partial charge is 0.318 e. The highest BCUT2D eigenvalue weighted by Gasteiger charge is 2.34. The zero-order valence-electron chi connectivity index (χ0n) is 9.78. The van der Waals surface area contributed by atoms with Gasteiger partial charge < -0.3 is 10.2 Å². The van der Waals surface area contributed by atoms with Gasteiger partial charge in [0.1, 0.15) is 0 Å². The van der Waals surface area contributed by atoms with Crippen molar-refractivity contribution < 1.29 is 19.8 Å². The predicted molar refractivity (Wildman–Crippen MR) is 56.6 cm³/mol. The van der Waals surface area contributed by atoms with Crippen LogP contribution in [0.2, 0.25) is 0 Å².